The minimum absolute atomic E-state index is 0.177. The maximum absolute atomic E-state index is 13.0. The average Bonchev–Trinajstić information content (AvgIpc) is 2.88. The van der Waals surface area contributed by atoms with Crippen molar-refractivity contribution in [2.75, 3.05) is 70.5 Å². The molecule has 2 aromatic carbocycles. The second-order valence-electron chi connectivity index (χ2n) is 10.2. The van der Waals surface area contributed by atoms with E-state index >= 15 is 0 Å². The molecule has 7 heteroatoms. The lowest BCUT2D eigenvalue weighted by Crippen LogP contribution is -2.53. The molecule has 2 aromatic rings. The fourth-order valence-corrected chi connectivity index (χ4v) is 5.69. The minimum Gasteiger partial charge on any atom is -0.486 e. The lowest BCUT2D eigenvalue weighted by Gasteiger charge is -2.43. The van der Waals surface area contributed by atoms with Gasteiger partial charge in [0.2, 0.25) is 0 Å². The maximum Gasteiger partial charge on any atom is 0.253 e. The molecule has 1 aliphatic carbocycles. The summed E-state index contributed by atoms with van der Waals surface area (Å²) in [4.78, 5) is 22.5. The van der Waals surface area contributed by atoms with E-state index in [-0.39, 0.29) is 5.91 Å². The smallest absolute Gasteiger partial charge is 0.253 e. The molecule has 0 atom stereocenters. The summed E-state index contributed by atoms with van der Waals surface area (Å²) in [5.41, 5.74) is 3.21. The van der Waals surface area contributed by atoms with Gasteiger partial charge in [-0.25, -0.2) is 0 Å². The molecular formula is C28H36N4O3. The van der Waals surface area contributed by atoms with Crippen LogP contribution in [0, 0.1) is 0 Å². The van der Waals surface area contributed by atoms with E-state index in [0.717, 1.165) is 87.7 Å². The topological polar surface area (TPSA) is 48.5 Å². The number of carbonyl (C=O) groups excluding carboxylic acids is 1. The van der Waals surface area contributed by atoms with Crippen molar-refractivity contribution < 1.29 is 14.3 Å². The fourth-order valence-electron chi connectivity index (χ4n) is 5.69. The summed E-state index contributed by atoms with van der Waals surface area (Å²) in [6.45, 7) is 9.79. The van der Waals surface area contributed by atoms with Gasteiger partial charge in [-0.3, -0.25) is 14.6 Å². The third-order valence-corrected chi connectivity index (χ3v) is 8.06. The first-order valence-electron chi connectivity index (χ1n) is 13.2. The molecule has 1 saturated carbocycles. The molecule has 3 fully saturated rings. The highest BCUT2D eigenvalue weighted by atomic mass is 16.6. The zero-order valence-corrected chi connectivity index (χ0v) is 20.5. The van der Waals surface area contributed by atoms with Crippen LogP contribution in [0.25, 0.3) is 0 Å². The first-order valence-corrected chi connectivity index (χ1v) is 13.2. The van der Waals surface area contributed by atoms with Crippen LogP contribution >= 0.6 is 0 Å². The van der Waals surface area contributed by atoms with Crippen LogP contribution in [0.4, 0.5) is 5.69 Å². The predicted molar refractivity (Wildman–Crippen MR) is 136 cm³/mol. The number of nitrogens with zero attached hydrogens (tertiary/aromatic N) is 4. The number of hydrogen-bond donors (Lipinski definition) is 0. The van der Waals surface area contributed by atoms with Crippen LogP contribution in [0.2, 0.25) is 0 Å². The third kappa shape index (κ3) is 4.84. The highest BCUT2D eigenvalue weighted by Crippen LogP contribution is 2.39. The SMILES string of the molecule is O=C(c1ccc(CN2CCN(c3cccc4c3OCCO4)CC2)cc1)N1CCN(C2CCC2)CC1. The van der Waals surface area contributed by atoms with Gasteiger partial charge in [0.1, 0.15) is 13.2 Å². The van der Waals surface area contributed by atoms with Crippen LogP contribution in [-0.2, 0) is 6.54 Å². The summed E-state index contributed by atoms with van der Waals surface area (Å²) in [7, 11) is 0. The Balaban J connectivity index is 1.00. The molecule has 3 aliphatic heterocycles. The molecule has 6 rings (SSSR count). The summed E-state index contributed by atoms with van der Waals surface area (Å²) in [6.07, 6.45) is 4.04. The van der Waals surface area contributed by atoms with Crippen molar-refractivity contribution >= 4 is 11.6 Å². The molecule has 7 nitrogen and oxygen atoms in total. The quantitative estimate of drug-likeness (QED) is 0.661. The second-order valence-corrected chi connectivity index (χ2v) is 10.2. The standard InChI is InChI=1S/C28H36N4O3/c33-28(32-17-15-30(16-18-32)24-3-1-4-24)23-9-7-22(8-10-23)21-29-11-13-31(14-12-29)25-5-2-6-26-27(25)35-20-19-34-26/h2,5-10,24H,1,3-4,11-21H2. The number of piperazine rings is 2. The van der Waals surface area contributed by atoms with Gasteiger partial charge >= 0.3 is 0 Å². The summed E-state index contributed by atoms with van der Waals surface area (Å²) in [5.74, 6) is 1.92. The number of benzene rings is 2. The van der Waals surface area contributed by atoms with Crippen LogP contribution < -0.4 is 14.4 Å². The Labute approximate surface area is 208 Å². The molecule has 186 valence electrons. The van der Waals surface area contributed by atoms with Crippen LogP contribution in [0.5, 0.6) is 11.5 Å². The zero-order chi connectivity index (χ0) is 23.6. The van der Waals surface area contributed by atoms with Gasteiger partial charge in [0.15, 0.2) is 11.5 Å². The third-order valence-electron chi connectivity index (χ3n) is 8.06. The van der Waals surface area contributed by atoms with Crippen molar-refractivity contribution in [3.8, 4) is 11.5 Å². The van der Waals surface area contributed by atoms with E-state index in [4.69, 9.17) is 9.47 Å². The van der Waals surface area contributed by atoms with E-state index < -0.39 is 0 Å². The fraction of sp³-hybridized carbons (Fsp3) is 0.536. The molecule has 35 heavy (non-hydrogen) atoms. The van der Waals surface area contributed by atoms with Gasteiger partial charge in [-0.1, -0.05) is 24.6 Å². The molecule has 3 heterocycles. The molecule has 0 N–H and O–H groups in total. The lowest BCUT2D eigenvalue weighted by molar-refractivity contribution is 0.0455. The summed E-state index contributed by atoms with van der Waals surface area (Å²) < 4.78 is 11.7. The first-order chi connectivity index (χ1) is 17.2. The van der Waals surface area contributed by atoms with Crippen molar-refractivity contribution in [3.63, 3.8) is 0 Å². The van der Waals surface area contributed by atoms with Crippen LogP contribution in [0.15, 0.2) is 42.5 Å². The van der Waals surface area contributed by atoms with Gasteiger partial charge in [-0.05, 0) is 42.7 Å². The lowest BCUT2D eigenvalue weighted by atomic mass is 9.91. The van der Waals surface area contributed by atoms with Crippen molar-refractivity contribution in [3.05, 3.63) is 53.6 Å². The van der Waals surface area contributed by atoms with Crippen molar-refractivity contribution in [2.24, 2.45) is 0 Å². The monoisotopic (exact) mass is 476 g/mol. The molecule has 0 unspecified atom stereocenters. The van der Waals surface area contributed by atoms with E-state index in [1.807, 2.05) is 29.2 Å². The van der Waals surface area contributed by atoms with Crippen LogP contribution in [0.3, 0.4) is 0 Å². The molecule has 1 amide bonds. The van der Waals surface area contributed by atoms with Gasteiger partial charge in [0, 0.05) is 70.5 Å². The molecular weight excluding hydrogens is 440 g/mol. The number of rotatable bonds is 5. The van der Waals surface area contributed by atoms with Gasteiger partial charge in [0.25, 0.3) is 5.91 Å². The zero-order valence-electron chi connectivity index (χ0n) is 20.5. The Morgan fingerprint density at radius 2 is 1.57 bits per heavy atom. The van der Waals surface area contributed by atoms with Crippen LogP contribution in [-0.4, -0.2) is 92.2 Å². The highest BCUT2D eigenvalue weighted by Gasteiger charge is 2.29. The van der Waals surface area contributed by atoms with Gasteiger partial charge < -0.3 is 19.3 Å². The van der Waals surface area contributed by atoms with Gasteiger partial charge in [-0.2, -0.15) is 0 Å². The normalized spacial score (nSPS) is 21.6. The Morgan fingerprint density at radius 1 is 0.829 bits per heavy atom. The van der Waals surface area contributed by atoms with Crippen LogP contribution in [0.1, 0.15) is 35.2 Å². The summed E-state index contributed by atoms with van der Waals surface area (Å²) in [5, 5.41) is 0. The van der Waals surface area contributed by atoms with E-state index in [1.54, 1.807) is 0 Å². The first kappa shape index (κ1) is 22.7. The predicted octanol–water partition coefficient (Wildman–Crippen LogP) is 3.09. The van der Waals surface area contributed by atoms with E-state index in [9.17, 15) is 4.79 Å². The Morgan fingerprint density at radius 3 is 2.29 bits per heavy atom. The van der Waals surface area contributed by atoms with E-state index in [0.29, 0.717) is 13.2 Å². The van der Waals surface area contributed by atoms with Gasteiger partial charge in [-0.15, -0.1) is 0 Å². The molecule has 2 saturated heterocycles. The second kappa shape index (κ2) is 10.1. The minimum atomic E-state index is 0.177. The highest BCUT2D eigenvalue weighted by molar-refractivity contribution is 5.94. The van der Waals surface area contributed by atoms with E-state index in [1.165, 1.54) is 24.8 Å². The van der Waals surface area contributed by atoms with Gasteiger partial charge in [0.05, 0.1) is 5.69 Å². The number of amides is 1. The molecule has 0 radical (unpaired) electrons. The Bertz CT molecular complexity index is 1020. The molecule has 4 aliphatic rings. The number of anilines is 1. The molecule has 0 bridgehead atoms. The largest absolute Gasteiger partial charge is 0.486 e. The number of hydrogen-bond acceptors (Lipinski definition) is 6. The van der Waals surface area contributed by atoms with Crippen molar-refractivity contribution in [1.82, 2.24) is 14.7 Å². The number of ether oxygens (including phenoxy) is 2. The van der Waals surface area contributed by atoms with Crippen molar-refractivity contribution in [1.29, 1.82) is 0 Å². The van der Waals surface area contributed by atoms with Crippen molar-refractivity contribution in [2.45, 2.75) is 31.8 Å². The summed E-state index contributed by atoms with van der Waals surface area (Å²) >= 11 is 0. The number of para-hydroxylation sites is 1. The van der Waals surface area contributed by atoms with E-state index in [2.05, 4.69) is 32.9 Å². The Hall–Kier alpha value is -2.77. The average molecular weight is 477 g/mol. The molecule has 0 aromatic heterocycles. The molecule has 0 spiro atoms. The Kier molecular flexibility index (Phi) is 6.53. The summed E-state index contributed by atoms with van der Waals surface area (Å²) in [6, 6.07) is 15.2. The maximum atomic E-state index is 13.0. The number of carbonyl (C=O) groups is 1. The number of fused-ring (bicyclic) bond motifs is 1.